The number of hydrogen-bond donors (Lipinski definition) is 1. The van der Waals surface area contributed by atoms with E-state index in [4.69, 9.17) is 10.2 Å². The molecule has 92 valence electrons. The van der Waals surface area contributed by atoms with Gasteiger partial charge in [0, 0.05) is 7.05 Å². The molecule has 3 heterocycles. The minimum Gasteiger partial charge on any atom is -0.422 e. The van der Waals surface area contributed by atoms with Crippen molar-refractivity contribution >= 4 is 34.1 Å². The number of ketones is 1. The van der Waals surface area contributed by atoms with Gasteiger partial charge in [-0.3, -0.25) is 4.79 Å². The van der Waals surface area contributed by atoms with Crippen LogP contribution in [0.1, 0.15) is 20.9 Å². The quantitative estimate of drug-likeness (QED) is 0.718. The van der Waals surface area contributed by atoms with E-state index in [0.717, 1.165) is 5.69 Å². The Bertz CT molecular complexity index is 737. The molecule has 0 aliphatic heterocycles. The molecule has 0 saturated heterocycles. The first kappa shape index (κ1) is 11.0. The maximum absolute atomic E-state index is 12.4. The highest BCUT2D eigenvalue weighted by atomic mass is 32.1. The van der Waals surface area contributed by atoms with Crippen molar-refractivity contribution in [3.8, 4) is 0 Å². The predicted octanol–water partition coefficient (Wildman–Crippen LogP) is 2.35. The minimum absolute atomic E-state index is 0.114. The van der Waals surface area contributed by atoms with Crippen LogP contribution in [0.3, 0.4) is 0 Å². The largest absolute Gasteiger partial charge is 0.422 e. The molecule has 0 aliphatic rings. The predicted molar refractivity (Wildman–Crippen MR) is 69.9 cm³/mol. The number of furan rings is 1. The highest BCUT2D eigenvalue weighted by molar-refractivity contribution is 7.12. The van der Waals surface area contributed by atoms with Crippen molar-refractivity contribution in [2.75, 3.05) is 5.73 Å². The van der Waals surface area contributed by atoms with E-state index in [9.17, 15) is 4.79 Å². The summed E-state index contributed by atoms with van der Waals surface area (Å²) in [5.41, 5.74) is 7.51. The number of aromatic nitrogens is 2. The van der Waals surface area contributed by atoms with Gasteiger partial charge in [-0.1, -0.05) is 6.07 Å². The minimum atomic E-state index is -0.114. The fourth-order valence-electron chi connectivity index (χ4n) is 2.08. The molecule has 0 aromatic carbocycles. The van der Waals surface area contributed by atoms with Gasteiger partial charge in [0.1, 0.15) is 0 Å². The lowest BCUT2D eigenvalue weighted by Gasteiger charge is -1.96. The Morgan fingerprint density at radius 2 is 2.33 bits per heavy atom. The summed E-state index contributed by atoms with van der Waals surface area (Å²) in [5, 5.41) is 6.79. The first-order chi connectivity index (χ1) is 8.59. The summed E-state index contributed by atoms with van der Waals surface area (Å²) >= 11 is 1.39. The van der Waals surface area contributed by atoms with E-state index < -0.39 is 0 Å². The van der Waals surface area contributed by atoms with E-state index in [-0.39, 0.29) is 11.7 Å². The van der Waals surface area contributed by atoms with Crippen LogP contribution in [0, 0.1) is 6.92 Å². The molecule has 0 saturated carbocycles. The zero-order valence-corrected chi connectivity index (χ0v) is 10.7. The normalized spacial score (nSPS) is 11.2. The summed E-state index contributed by atoms with van der Waals surface area (Å²) in [4.78, 5) is 13.0. The zero-order valence-electron chi connectivity index (χ0n) is 9.93. The fraction of sp³-hybridized carbons (Fsp3) is 0.167. The van der Waals surface area contributed by atoms with Gasteiger partial charge < -0.3 is 10.2 Å². The van der Waals surface area contributed by atoms with Gasteiger partial charge in [0.25, 0.3) is 0 Å². The molecule has 18 heavy (non-hydrogen) atoms. The van der Waals surface area contributed by atoms with Gasteiger partial charge in [-0.15, -0.1) is 11.3 Å². The average molecular weight is 261 g/mol. The smallest absolute Gasteiger partial charge is 0.228 e. The Morgan fingerprint density at radius 1 is 1.56 bits per heavy atom. The van der Waals surface area contributed by atoms with Crippen molar-refractivity contribution in [1.82, 2.24) is 9.78 Å². The number of carbonyl (C=O) groups is 1. The number of carbonyl (C=O) groups excluding carboxylic acids is 1. The Kier molecular flexibility index (Phi) is 2.27. The van der Waals surface area contributed by atoms with Gasteiger partial charge in [-0.2, -0.15) is 5.10 Å². The second-order valence-electron chi connectivity index (χ2n) is 4.04. The Balaban J connectivity index is 2.29. The fourth-order valence-corrected chi connectivity index (χ4v) is 2.75. The van der Waals surface area contributed by atoms with Crippen molar-refractivity contribution in [2.24, 2.45) is 7.05 Å². The van der Waals surface area contributed by atoms with Crippen molar-refractivity contribution in [2.45, 2.75) is 6.92 Å². The topological polar surface area (TPSA) is 74.1 Å². The number of anilines is 1. The Morgan fingerprint density at radius 3 is 3.00 bits per heavy atom. The number of nitrogens with two attached hydrogens (primary N) is 1. The average Bonchev–Trinajstić information content (AvgIpc) is 2.98. The number of nitrogens with zero attached hydrogens (tertiary/aromatic N) is 2. The van der Waals surface area contributed by atoms with Gasteiger partial charge in [0.15, 0.2) is 0 Å². The SMILES string of the molecule is Cc1nn(C)c2oc(N)c(C(=O)c3cccs3)c12. The third-order valence-corrected chi connectivity index (χ3v) is 3.71. The molecule has 0 radical (unpaired) electrons. The summed E-state index contributed by atoms with van der Waals surface area (Å²) in [5.74, 6) is 0.0388. The standard InChI is InChI=1S/C12H11N3O2S/c1-6-8-9(10(16)7-4-3-5-18-7)11(13)17-12(8)15(2)14-6/h3-5H,13H2,1-2H3. The van der Waals surface area contributed by atoms with Crippen LogP contribution in [0.4, 0.5) is 5.88 Å². The molecule has 5 nitrogen and oxygen atoms in total. The number of fused-ring (bicyclic) bond motifs is 1. The van der Waals surface area contributed by atoms with Crippen LogP contribution < -0.4 is 5.73 Å². The summed E-state index contributed by atoms with van der Waals surface area (Å²) < 4.78 is 7.02. The molecular formula is C12H11N3O2S. The summed E-state index contributed by atoms with van der Waals surface area (Å²) in [6.07, 6.45) is 0. The summed E-state index contributed by atoms with van der Waals surface area (Å²) in [6.45, 7) is 1.84. The van der Waals surface area contributed by atoms with Crippen LogP contribution in [0.5, 0.6) is 0 Å². The van der Waals surface area contributed by atoms with Gasteiger partial charge >= 0.3 is 0 Å². The Hall–Kier alpha value is -2.08. The summed E-state index contributed by atoms with van der Waals surface area (Å²) in [7, 11) is 1.76. The van der Waals surface area contributed by atoms with Crippen molar-refractivity contribution in [1.29, 1.82) is 0 Å². The lowest BCUT2D eigenvalue weighted by atomic mass is 10.1. The number of aryl methyl sites for hydroxylation is 2. The number of nitrogen functional groups attached to an aromatic ring is 1. The monoisotopic (exact) mass is 261 g/mol. The van der Waals surface area contributed by atoms with E-state index in [1.54, 1.807) is 17.8 Å². The molecule has 0 aliphatic carbocycles. The van der Waals surface area contributed by atoms with Crippen molar-refractivity contribution in [3.05, 3.63) is 33.6 Å². The maximum Gasteiger partial charge on any atom is 0.228 e. The highest BCUT2D eigenvalue weighted by Crippen LogP contribution is 2.32. The second-order valence-corrected chi connectivity index (χ2v) is 4.98. The highest BCUT2D eigenvalue weighted by Gasteiger charge is 2.25. The van der Waals surface area contributed by atoms with Crippen LogP contribution in [-0.2, 0) is 7.05 Å². The third-order valence-electron chi connectivity index (χ3n) is 2.84. The molecule has 0 bridgehead atoms. The number of rotatable bonds is 2. The van der Waals surface area contributed by atoms with Gasteiger partial charge in [-0.25, -0.2) is 4.68 Å². The van der Waals surface area contributed by atoms with Crippen LogP contribution in [0.15, 0.2) is 21.9 Å². The van der Waals surface area contributed by atoms with Gasteiger partial charge in [0.05, 0.1) is 21.5 Å². The molecule has 3 rings (SSSR count). The van der Waals surface area contributed by atoms with Gasteiger partial charge in [-0.05, 0) is 18.4 Å². The van der Waals surface area contributed by atoms with E-state index in [1.165, 1.54) is 11.3 Å². The molecule has 3 aromatic heterocycles. The molecule has 2 N–H and O–H groups in total. The third kappa shape index (κ3) is 1.39. The zero-order chi connectivity index (χ0) is 12.9. The van der Waals surface area contributed by atoms with E-state index in [2.05, 4.69) is 5.10 Å². The van der Waals surface area contributed by atoms with E-state index >= 15 is 0 Å². The van der Waals surface area contributed by atoms with Crippen LogP contribution in [-0.4, -0.2) is 15.6 Å². The van der Waals surface area contributed by atoms with Crippen molar-refractivity contribution in [3.63, 3.8) is 0 Å². The molecular weight excluding hydrogens is 250 g/mol. The lowest BCUT2D eigenvalue weighted by Crippen LogP contribution is -2.01. The molecule has 0 amide bonds. The number of thiophene rings is 1. The molecule has 0 atom stereocenters. The first-order valence-corrected chi connectivity index (χ1v) is 6.27. The molecule has 0 spiro atoms. The molecule has 6 heteroatoms. The number of hydrogen-bond acceptors (Lipinski definition) is 5. The molecule has 0 unspecified atom stereocenters. The molecule has 0 fully saturated rings. The van der Waals surface area contributed by atoms with E-state index in [1.807, 2.05) is 18.4 Å². The molecule has 3 aromatic rings. The van der Waals surface area contributed by atoms with Crippen LogP contribution >= 0.6 is 11.3 Å². The van der Waals surface area contributed by atoms with Gasteiger partial charge in [0.2, 0.25) is 17.4 Å². The maximum atomic E-state index is 12.4. The van der Waals surface area contributed by atoms with Crippen LogP contribution in [0.2, 0.25) is 0 Å². The van der Waals surface area contributed by atoms with Crippen LogP contribution in [0.25, 0.3) is 11.1 Å². The lowest BCUT2D eigenvalue weighted by molar-refractivity contribution is 0.104. The summed E-state index contributed by atoms with van der Waals surface area (Å²) in [6, 6.07) is 3.61. The van der Waals surface area contributed by atoms with E-state index in [0.29, 0.717) is 21.5 Å². The second kappa shape index (κ2) is 3.71. The van der Waals surface area contributed by atoms with Crippen molar-refractivity contribution < 1.29 is 9.21 Å². The first-order valence-electron chi connectivity index (χ1n) is 5.39. The Labute approximate surface area is 107 Å².